The molecule has 5 atom stereocenters. The summed E-state index contributed by atoms with van der Waals surface area (Å²) in [5, 5.41) is 25.1. The topological polar surface area (TPSA) is 96.1 Å². The van der Waals surface area contributed by atoms with Gasteiger partial charge in [-0.05, 0) is 66.3 Å². The Morgan fingerprint density at radius 2 is 1.97 bits per heavy atom. The van der Waals surface area contributed by atoms with E-state index in [-0.39, 0.29) is 17.9 Å². The van der Waals surface area contributed by atoms with Crippen molar-refractivity contribution in [1.82, 2.24) is 19.5 Å². The van der Waals surface area contributed by atoms with Gasteiger partial charge in [0, 0.05) is 11.6 Å². The van der Waals surface area contributed by atoms with E-state index in [4.69, 9.17) is 23.2 Å². The Hall–Kier alpha value is -2.67. The minimum Gasteiger partial charge on any atom is -0.390 e. The van der Waals surface area contributed by atoms with Crippen LogP contribution in [0.15, 0.2) is 42.7 Å². The van der Waals surface area contributed by atoms with E-state index in [1.165, 1.54) is 11.3 Å². The Balaban J connectivity index is 1.35. The molecule has 0 unspecified atom stereocenters. The quantitative estimate of drug-likeness (QED) is 0.338. The molecule has 2 aliphatic carbocycles. The normalized spacial score (nSPS) is 24.7. The molecule has 0 spiro atoms. The van der Waals surface area contributed by atoms with Crippen molar-refractivity contribution in [3.63, 3.8) is 0 Å². The van der Waals surface area contributed by atoms with Crippen molar-refractivity contribution in [2.45, 2.75) is 31.1 Å². The lowest BCUT2D eigenvalue weighted by Crippen LogP contribution is -2.31. The van der Waals surface area contributed by atoms with Crippen molar-refractivity contribution >= 4 is 51.5 Å². The summed E-state index contributed by atoms with van der Waals surface area (Å²) >= 11 is 13.5. The number of nitrogens with one attached hydrogen (secondary N) is 1. The van der Waals surface area contributed by atoms with Crippen LogP contribution >= 0.6 is 34.5 Å². The first-order valence-electron chi connectivity index (χ1n) is 11.3. The summed E-state index contributed by atoms with van der Waals surface area (Å²) in [5.41, 5.74) is 2.30. The van der Waals surface area contributed by atoms with Gasteiger partial charge in [0.1, 0.15) is 6.10 Å². The summed E-state index contributed by atoms with van der Waals surface area (Å²) in [4.78, 5) is 14.7. The minimum absolute atomic E-state index is 0.132. The van der Waals surface area contributed by atoms with Crippen molar-refractivity contribution in [3.8, 4) is 11.8 Å². The first-order chi connectivity index (χ1) is 17.0. The lowest BCUT2D eigenvalue weighted by Gasteiger charge is -2.22. The molecule has 4 aromatic rings. The second-order valence-electron chi connectivity index (χ2n) is 8.92. The second-order valence-corrected chi connectivity index (χ2v) is 11.1. The largest absolute Gasteiger partial charge is 0.390 e. The maximum atomic E-state index is 10.7. The van der Waals surface area contributed by atoms with Crippen LogP contribution in [-0.4, -0.2) is 48.5 Å². The number of hydrogen-bond donors (Lipinski definition) is 3. The SMILES string of the molecule is O[C@@H]1[C@H](O)[C@@H]2C[C@@H]2[C@H]1n1cnc2c(NCCc3cccc(Cl)c3)nc(C#Cc3ccc(Cl)s3)nc21. The molecule has 3 aromatic heterocycles. The molecule has 2 aliphatic rings. The summed E-state index contributed by atoms with van der Waals surface area (Å²) in [6.45, 7) is 0.613. The summed E-state index contributed by atoms with van der Waals surface area (Å²) in [6.07, 6.45) is 1.75. The predicted octanol–water partition coefficient (Wildman–Crippen LogP) is 4.16. The van der Waals surface area contributed by atoms with Gasteiger partial charge in [0.25, 0.3) is 0 Å². The summed E-state index contributed by atoms with van der Waals surface area (Å²) in [7, 11) is 0. The molecule has 0 amide bonds. The number of benzene rings is 1. The molecule has 1 aromatic carbocycles. The zero-order valence-electron chi connectivity index (χ0n) is 18.4. The van der Waals surface area contributed by atoms with Crippen molar-refractivity contribution < 1.29 is 10.2 Å². The van der Waals surface area contributed by atoms with Gasteiger partial charge < -0.3 is 20.1 Å². The average molecular weight is 526 g/mol. The fourth-order valence-electron chi connectivity index (χ4n) is 4.93. The Morgan fingerprint density at radius 1 is 1.09 bits per heavy atom. The number of anilines is 1. The van der Waals surface area contributed by atoms with Gasteiger partial charge in [0.2, 0.25) is 5.82 Å². The third kappa shape index (κ3) is 4.39. The third-order valence-corrected chi connectivity index (χ3v) is 8.06. The van der Waals surface area contributed by atoms with E-state index in [2.05, 4.69) is 32.1 Å². The van der Waals surface area contributed by atoms with Crippen molar-refractivity contribution in [2.24, 2.45) is 11.8 Å². The number of halogens is 2. The van der Waals surface area contributed by atoms with Crippen LogP contribution in [0.3, 0.4) is 0 Å². The Morgan fingerprint density at radius 3 is 2.71 bits per heavy atom. The van der Waals surface area contributed by atoms with E-state index in [0.717, 1.165) is 23.3 Å². The molecule has 0 bridgehead atoms. The van der Waals surface area contributed by atoms with E-state index < -0.39 is 12.2 Å². The van der Waals surface area contributed by atoms with Crippen LogP contribution in [-0.2, 0) is 6.42 Å². The van der Waals surface area contributed by atoms with E-state index in [0.29, 0.717) is 38.7 Å². The maximum absolute atomic E-state index is 10.7. The highest BCUT2D eigenvalue weighted by atomic mass is 35.5. The van der Waals surface area contributed by atoms with Crippen LogP contribution in [0.2, 0.25) is 9.36 Å². The van der Waals surface area contributed by atoms with E-state index in [1.54, 1.807) is 12.4 Å². The van der Waals surface area contributed by atoms with Crippen molar-refractivity contribution in [1.29, 1.82) is 0 Å². The number of rotatable bonds is 5. The van der Waals surface area contributed by atoms with Gasteiger partial charge in [-0.2, -0.15) is 0 Å². The molecule has 6 rings (SSSR count). The standard InChI is InChI=1S/C25H21Cl2N5O2S/c26-14-3-1-2-13(10-14)8-9-28-24-20-25(31-19(30-24)7-5-15-4-6-18(27)35-15)32(12-29-20)21-16-11-17(16)22(33)23(21)34/h1-4,6,10,12,16-17,21-23,33-34H,8-9,11H2,(H,28,30,31)/t16-,17+,21+,22+,23-/m0/s1. The van der Waals surface area contributed by atoms with Crippen LogP contribution in [0, 0.1) is 23.7 Å². The predicted molar refractivity (Wildman–Crippen MR) is 137 cm³/mol. The van der Waals surface area contributed by atoms with E-state index in [1.807, 2.05) is 34.9 Å². The van der Waals surface area contributed by atoms with Gasteiger partial charge >= 0.3 is 0 Å². The fraction of sp³-hybridized carbons (Fsp3) is 0.320. The third-order valence-electron chi connectivity index (χ3n) is 6.68. The summed E-state index contributed by atoms with van der Waals surface area (Å²) in [5.74, 6) is 7.38. The highest BCUT2D eigenvalue weighted by Gasteiger charge is 2.60. The van der Waals surface area contributed by atoms with Gasteiger partial charge in [0.05, 0.1) is 27.7 Å². The van der Waals surface area contributed by atoms with Gasteiger partial charge in [0.15, 0.2) is 17.0 Å². The molecule has 7 nitrogen and oxygen atoms in total. The highest BCUT2D eigenvalue weighted by Crippen LogP contribution is 2.57. The first kappa shape index (κ1) is 22.8. The second kappa shape index (κ2) is 9.08. The lowest BCUT2D eigenvalue weighted by molar-refractivity contribution is 0.00386. The molecule has 2 fully saturated rings. The molecular weight excluding hydrogens is 505 g/mol. The van der Waals surface area contributed by atoms with Gasteiger partial charge in [-0.3, -0.25) is 0 Å². The molecule has 2 saturated carbocycles. The number of thiophene rings is 1. The van der Waals surface area contributed by atoms with Crippen LogP contribution in [0.4, 0.5) is 5.82 Å². The molecule has 0 saturated heterocycles. The Kier molecular flexibility index (Phi) is 5.91. The zero-order valence-corrected chi connectivity index (χ0v) is 20.7. The van der Waals surface area contributed by atoms with E-state index >= 15 is 0 Å². The molecule has 35 heavy (non-hydrogen) atoms. The number of aliphatic hydroxyl groups is 2. The number of aliphatic hydroxyl groups excluding tert-OH is 2. The van der Waals surface area contributed by atoms with Gasteiger partial charge in [-0.25, -0.2) is 15.0 Å². The Bertz CT molecular complexity index is 1480. The average Bonchev–Trinajstić information content (AvgIpc) is 3.20. The minimum atomic E-state index is -0.854. The lowest BCUT2D eigenvalue weighted by atomic mass is 10.1. The molecule has 10 heteroatoms. The van der Waals surface area contributed by atoms with Crippen LogP contribution in [0.5, 0.6) is 0 Å². The maximum Gasteiger partial charge on any atom is 0.209 e. The van der Waals surface area contributed by atoms with Crippen LogP contribution in [0.25, 0.3) is 11.2 Å². The molecule has 3 heterocycles. The molecule has 3 N–H and O–H groups in total. The van der Waals surface area contributed by atoms with Crippen molar-refractivity contribution in [2.75, 3.05) is 11.9 Å². The first-order valence-corrected chi connectivity index (χ1v) is 12.9. The van der Waals surface area contributed by atoms with Gasteiger partial charge in [-0.1, -0.05) is 35.3 Å². The zero-order chi connectivity index (χ0) is 24.1. The molecule has 0 radical (unpaired) electrons. The number of imidazole rings is 1. The van der Waals surface area contributed by atoms with Gasteiger partial charge in [-0.15, -0.1) is 11.3 Å². The van der Waals surface area contributed by atoms with Crippen molar-refractivity contribution in [3.05, 3.63) is 68.3 Å². The number of fused-ring (bicyclic) bond motifs is 2. The summed E-state index contributed by atoms with van der Waals surface area (Å²) in [6, 6.07) is 11.1. The molecular formula is C25H21Cl2N5O2S. The Labute approximate surface area is 215 Å². The highest BCUT2D eigenvalue weighted by molar-refractivity contribution is 7.16. The number of hydrogen-bond acceptors (Lipinski definition) is 7. The monoisotopic (exact) mass is 525 g/mol. The summed E-state index contributed by atoms with van der Waals surface area (Å²) < 4.78 is 2.54. The van der Waals surface area contributed by atoms with Crippen LogP contribution in [0.1, 0.15) is 28.7 Å². The van der Waals surface area contributed by atoms with E-state index in [9.17, 15) is 10.2 Å². The molecule has 178 valence electrons. The number of aromatic nitrogens is 4. The smallest absolute Gasteiger partial charge is 0.209 e. The fourth-order valence-corrected chi connectivity index (χ4v) is 6.04. The van der Waals surface area contributed by atoms with Crippen LogP contribution < -0.4 is 5.32 Å². The number of nitrogens with zero attached hydrogens (tertiary/aromatic N) is 4. The molecule has 0 aliphatic heterocycles.